The second-order valence-electron chi connectivity index (χ2n) is 6.33. The highest BCUT2D eigenvalue weighted by atomic mass is 79.9. The van der Waals surface area contributed by atoms with Crippen LogP contribution in [0.1, 0.15) is 19.3 Å². The summed E-state index contributed by atoms with van der Waals surface area (Å²) in [6, 6.07) is 17.5. The van der Waals surface area contributed by atoms with E-state index >= 15 is 0 Å². The first kappa shape index (κ1) is 16.4. The molecule has 0 amide bonds. The topological polar surface area (TPSA) is 7.12 Å². The van der Waals surface area contributed by atoms with Crippen LogP contribution in [0.25, 0.3) is 21.7 Å². The minimum atomic E-state index is 0. The number of piperidine rings is 1. The second kappa shape index (κ2) is 7.41. The van der Waals surface area contributed by atoms with Crippen LogP contribution in [0.15, 0.2) is 54.7 Å². The van der Waals surface area contributed by atoms with Gasteiger partial charge in [-0.05, 0) is 38.1 Å². The van der Waals surface area contributed by atoms with Gasteiger partial charge >= 0.3 is 0 Å². The summed E-state index contributed by atoms with van der Waals surface area (Å²) in [5.74, 6) is 0. The summed E-state index contributed by atoms with van der Waals surface area (Å²) in [4.78, 5) is 2.61. The summed E-state index contributed by atoms with van der Waals surface area (Å²) < 4.78 is 2.44. The van der Waals surface area contributed by atoms with Crippen molar-refractivity contribution in [3.8, 4) is 0 Å². The number of para-hydroxylation sites is 1. The van der Waals surface area contributed by atoms with Gasteiger partial charge in [0.1, 0.15) is 0 Å². The summed E-state index contributed by atoms with van der Waals surface area (Å²) >= 11 is 0. The molecule has 4 rings (SSSR count). The lowest BCUT2D eigenvalue weighted by Gasteiger charge is -2.25. The number of aromatic nitrogens is 1. The van der Waals surface area contributed by atoms with Gasteiger partial charge in [-0.15, -0.1) is 0 Å². The largest absolute Gasteiger partial charge is 1.00 e. The number of benzene rings is 2. The average Bonchev–Trinajstić information content (AvgIpc) is 2.60. The van der Waals surface area contributed by atoms with Gasteiger partial charge in [0.05, 0.1) is 11.9 Å². The zero-order valence-corrected chi connectivity index (χ0v) is 15.0. The number of hydrogen-bond donors (Lipinski definition) is 0. The van der Waals surface area contributed by atoms with Crippen LogP contribution in [0.2, 0.25) is 0 Å². The van der Waals surface area contributed by atoms with Gasteiger partial charge in [0.15, 0.2) is 12.7 Å². The van der Waals surface area contributed by atoms with Crippen LogP contribution in [0.3, 0.4) is 0 Å². The van der Waals surface area contributed by atoms with Crippen molar-refractivity contribution in [3.63, 3.8) is 0 Å². The third-order valence-electron chi connectivity index (χ3n) is 4.87. The fraction of sp³-hybridized carbons (Fsp3) is 0.350. The van der Waals surface area contributed by atoms with E-state index in [1.54, 1.807) is 0 Å². The normalized spacial score (nSPS) is 15.7. The van der Waals surface area contributed by atoms with Crippen LogP contribution >= 0.6 is 0 Å². The van der Waals surface area contributed by atoms with Crippen LogP contribution in [0.5, 0.6) is 0 Å². The minimum Gasteiger partial charge on any atom is -1.00 e. The van der Waals surface area contributed by atoms with Crippen molar-refractivity contribution in [1.29, 1.82) is 0 Å². The summed E-state index contributed by atoms with van der Waals surface area (Å²) in [7, 11) is 0. The van der Waals surface area contributed by atoms with Gasteiger partial charge in [0, 0.05) is 16.8 Å². The van der Waals surface area contributed by atoms with Gasteiger partial charge in [0.2, 0.25) is 5.52 Å². The zero-order valence-electron chi connectivity index (χ0n) is 13.4. The van der Waals surface area contributed by atoms with Gasteiger partial charge in [-0.25, -0.2) is 0 Å². The molecule has 2 nitrogen and oxygen atoms in total. The number of fused-ring (bicyclic) bond motifs is 3. The molecule has 1 saturated heterocycles. The van der Waals surface area contributed by atoms with Crippen molar-refractivity contribution in [2.45, 2.75) is 25.8 Å². The first-order chi connectivity index (χ1) is 10.9. The predicted octanol–water partition coefficient (Wildman–Crippen LogP) is 0.770. The molecule has 1 fully saturated rings. The van der Waals surface area contributed by atoms with E-state index < -0.39 is 0 Å². The van der Waals surface area contributed by atoms with Gasteiger partial charge in [-0.3, -0.25) is 4.90 Å². The van der Waals surface area contributed by atoms with Crippen molar-refractivity contribution < 1.29 is 21.5 Å². The standard InChI is InChI=1S/C20H23N2.BrH/c1-6-12-21(13-7-1)14-15-22-16-17-8-2-3-9-18(17)19-10-4-5-11-20(19)22;/h2-5,8-11,16H,1,6-7,12-15H2;1H/q+1;/p-1. The van der Waals surface area contributed by atoms with E-state index in [1.807, 2.05) is 0 Å². The van der Waals surface area contributed by atoms with Gasteiger partial charge in [-0.1, -0.05) is 36.8 Å². The molecule has 120 valence electrons. The fourth-order valence-electron chi connectivity index (χ4n) is 3.66. The van der Waals surface area contributed by atoms with E-state index in [0.29, 0.717) is 0 Å². The number of halogens is 1. The maximum Gasteiger partial charge on any atom is 0.213 e. The highest BCUT2D eigenvalue weighted by Crippen LogP contribution is 2.22. The van der Waals surface area contributed by atoms with Crippen LogP contribution in [0, 0.1) is 0 Å². The monoisotopic (exact) mass is 370 g/mol. The summed E-state index contributed by atoms with van der Waals surface area (Å²) in [5, 5.41) is 4.05. The zero-order chi connectivity index (χ0) is 14.8. The average molecular weight is 371 g/mol. The first-order valence-corrected chi connectivity index (χ1v) is 8.44. The Morgan fingerprint density at radius 1 is 0.826 bits per heavy atom. The Balaban J connectivity index is 0.00000156. The quantitative estimate of drug-likeness (QED) is 0.488. The summed E-state index contributed by atoms with van der Waals surface area (Å²) in [6.45, 7) is 4.77. The molecule has 0 atom stereocenters. The summed E-state index contributed by atoms with van der Waals surface area (Å²) in [6.07, 6.45) is 6.45. The van der Waals surface area contributed by atoms with Crippen LogP contribution < -0.4 is 21.5 Å². The molecule has 0 spiro atoms. The Bertz CT molecular complexity index is 794. The predicted molar refractivity (Wildman–Crippen MR) is 91.9 cm³/mol. The van der Waals surface area contributed by atoms with Crippen LogP contribution in [-0.4, -0.2) is 24.5 Å². The Morgan fingerprint density at radius 3 is 2.35 bits per heavy atom. The molecular formula is C20H23BrN2. The fourth-order valence-corrected chi connectivity index (χ4v) is 3.66. The molecule has 3 heteroatoms. The third-order valence-corrected chi connectivity index (χ3v) is 4.87. The molecule has 0 unspecified atom stereocenters. The highest BCUT2D eigenvalue weighted by molar-refractivity contribution is 6.03. The van der Waals surface area contributed by atoms with Crippen molar-refractivity contribution in [1.82, 2.24) is 4.90 Å². The number of likely N-dealkylation sites (tertiary alicyclic amines) is 1. The van der Waals surface area contributed by atoms with Gasteiger partial charge in [0.25, 0.3) is 0 Å². The molecular weight excluding hydrogens is 348 g/mol. The molecule has 3 aromatic rings. The lowest BCUT2D eigenvalue weighted by molar-refractivity contribution is -0.669. The highest BCUT2D eigenvalue weighted by Gasteiger charge is 2.15. The third kappa shape index (κ3) is 3.41. The van der Waals surface area contributed by atoms with Crippen molar-refractivity contribution in [2.24, 2.45) is 0 Å². The maximum atomic E-state index is 2.61. The van der Waals surface area contributed by atoms with E-state index in [4.69, 9.17) is 0 Å². The van der Waals surface area contributed by atoms with Crippen molar-refractivity contribution >= 4 is 21.7 Å². The second-order valence-corrected chi connectivity index (χ2v) is 6.33. The molecule has 2 aromatic carbocycles. The first-order valence-electron chi connectivity index (χ1n) is 8.44. The Morgan fingerprint density at radius 2 is 1.52 bits per heavy atom. The molecule has 0 N–H and O–H groups in total. The molecule has 0 radical (unpaired) electrons. The van der Waals surface area contributed by atoms with E-state index in [1.165, 1.54) is 54.0 Å². The van der Waals surface area contributed by atoms with Gasteiger partial charge in [-0.2, -0.15) is 4.57 Å². The molecule has 0 bridgehead atoms. The van der Waals surface area contributed by atoms with E-state index in [0.717, 1.165) is 13.1 Å². The molecule has 0 saturated carbocycles. The van der Waals surface area contributed by atoms with Gasteiger partial charge < -0.3 is 17.0 Å². The van der Waals surface area contributed by atoms with E-state index in [-0.39, 0.29) is 17.0 Å². The van der Waals surface area contributed by atoms with E-state index in [9.17, 15) is 0 Å². The lowest BCUT2D eigenvalue weighted by Crippen LogP contribution is -3.00. The van der Waals surface area contributed by atoms with Crippen LogP contribution in [0.4, 0.5) is 0 Å². The van der Waals surface area contributed by atoms with E-state index in [2.05, 4.69) is 64.2 Å². The molecule has 1 aromatic heterocycles. The number of hydrogen-bond acceptors (Lipinski definition) is 1. The number of nitrogens with zero attached hydrogens (tertiary/aromatic N) is 2. The van der Waals surface area contributed by atoms with Crippen molar-refractivity contribution in [3.05, 3.63) is 54.7 Å². The Labute approximate surface area is 148 Å². The molecule has 0 aliphatic carbocycles. The molecule has 23 heavy (non-hydrogen) atoms. The summed E-state index contributed by atoms with van der Waals surface area (Å²) in [5.41, 5.74) is 1.35. The molecule has 1 aliphatic heterocycles. The smallest absolute Gasteiger partial charge is 0.213 e. The number of pyridine rings is 1. The minimum absolute atomic E-state index is 0. The SMILES string of the molecule is [Br-].c1ccc2c(c1)c[n+](CCN1CCCCC1)c1ccccc21. The number of rotatable bonds is 3. The van der Waals surface area contributed by atoms with Crippen molar-refractivity contribution in [2.75, 3.05) is 19.6 Å². The Hall–Kier alpha value is -1.45. The molecule has 2 heterocycles. The molecule has 1 aliphatic rings. The lowest BCUT2D eigenvalue weighted by atomic mass is 10.1. The maximum absolute atomic E-state index is 2.61. The Kier molecular flexibility index (Phi) is 5.29. The van der Waals surface area contributed by atoms with Crippen LogP contribution in [-0.2, 0) is 6.54 Å².